The number of amides is 1. The average molecular weight is 333 g/mol. The molecule has 3 rings (SSSR count). The lowest BCUT2D eigenvalue weighted by Crippen LogP contribution is -2.44. The number of nitrogens with one attached hydrogen (secondary N) is 1. The molecule has 0 bridgehead atoms. The van der Waals surface area contributed by atoms with Crippen molar-refractivity contribution in [3.05, 3.63) is 50.3 Å². The van der Waals surface area contributed by atoms with E-state index >= 15 is 0 Å². The zero-order chi connectivity index (χ0) is 16.2. The summed E-state index contributed by atoms with van der Waals surface area (Å²) in [4.78, 5) is 34.3. The monoisotopic (exact) mass is 333 g/mol. The Morgan fingerprint density at radius 3 is 3.17 bits per heavy atom. The number of hydrogen-bond donors (Lipinski definition) is 1. The van der Waals surface area contributed by atoms with E-state index in [1.54, 1.807) is 23.2 Å². The fourth-order valence-electron chi connectivity index (χ4n) is 2.75. The van der Waals surface area contributed by atoms with Crippen LogP contribution in [0.25, 0.3) is 0 Å². The minimum Gasteiger partial charge on any atom is -0.377 e. The second-order valence-electron chi connectivity index (χ2n) is 5.51. The van der Waals surface area contributed by atoms with Crippen molar-refractivity contribution in [1.82, 2.24) is 14.9 Å². The number of carbonyl (C=O) groups excluding carboxylic acids is 1. The Labute approximate surface area is 138 Å². The van der Waals surface area contributed by atoms with E-state index in [2.05, 4.69) is 9.97 Å². The highest BCUT2D eigenvalue weighted by Crippen LogP contribution is 2.23. The number of aromatic amines is 1. The summed E-state index contributed by atoms with van der Waals surface area (Å²) in [6.45, 7) is 3.16. The van der Waals surface area contributed by atoms with Gasteiger partial charge in [-0.05, 0) is 24.8 Å². The van der Waals surface area contributed by atoms with Crippen LogP contribution >= 0.6 is 11.3 Å². The predicted molar refractivity (Wildman–Crippen MR) is 87.5 cm³/mol. The summed E-state index contributed by atoms with van der Waals surface area (Å²) >= 11 is 1.66. The van der Waals surface area contributed by atoms with Crippen molar-refractivity contribution in [1.29, 1.82) is 0 Å². The molecule has 23 heavy (non-hydrogen) atoms. The molecule has 2 aromatic rings. The highest BCUT2D eigenvalue weighted by atomic mass is 32.1. The molecule has 0 aliphatic carbocycles. The Balaban J connectivity index is 1.75. The largest absolute Gasteiger partial charge is 0.377 e. The van der Waals surface area contributed by atoms with E-state index in [-0.39, 0.29) is 17.5 Å². The molecule has 0 spiro atoms. The van der Waals surface area contributed by atoms with Crippen molar-refractivity contribution in [3.63, 3.8) is 0 Å². The van der Waals surface area contributed by atoms with Crippen molar-refractivity contribution < 1.29 is 9.53 Å². The Morgan fingerprint density at radius 2 is 2.43 bits per heavy atom. The summed E-state index contributed by atoms with van der Waals surface area (Å²) in [5.41, 5.74) is 0.388. The molecule has 122 valence electrons. The van der Waals surface area contributed by atoms with Gasteiger partial charge in [0.1, 0.15) is 5.82 Å². The van der Waals surface area contributed by atoms with Crippen LogP contribution < -0.4 is 5.56 Å². The second-order valence-corrected chi connectivity index (χ2v) is 6.55. The molecule has 7 heteroatoms. The number of aryl methyl sites for hydroxylation is 2. The van der Waals surface area contributed by atoms with Gasteiger partial charge in [-0.25, -0.2) is 4.98 Å². The molecule has 1 aliphatic heterocycles. The number of H-pyrrole nitrogens is 1. The molecular weight excluding hydrogens is 314 g/mol. The average Bonchev–Trinajstić information content (AvgIpc) is 3.05. The van der Waals surface area contributed by atoms with Crippen LogP contribution in [0.4, 0.5) is 0 Å². The van der Waals surface area contributed by atoms with Crippen LogP contribution in [0.2, 0.25) is 0 Å². The van der Waals surface area contributed by atoms with Gasteiger partial charge in [-0.15, -0.1) is 11.3 Å². The first-order chi connectivity index (χ1) is 11.1. The predicted octanol–water partition coefficient (Wildman–Crippen LogP) is 1.67. The summed E-state index contributed by atoms with van der Waals surface area (Å²) in [5.74, 6) is 0.621. The molecule has 1 amide bonds. The van der Waals surface area contributed by atoms with Crippen LogP contribution in [0.15, 0.2) is 28.4 Å². The van der Waals surface area contributed by atoms with Gasteiger partial charge in [0.25, 0.3) is 5.56 Å². The third-order valence-corrected chi connectivity index (χ3v) is 4.77. The smallest absolute Gasteiger partial charge is 0.251 e. The van der Waals surface area contributed by atoms with Gasteiger partial charge in [0.15, 0.2) is 0 Å². The minimum atomic E-state index is -0.291. The maximum atomic E-state index is 12.6. The van der Waals surface area contributed by atoms with E-state index < -0.39 is 0 Å². The minimum absolute atomic E-state index is 0.0754. The quantitative estimate of drug-likeness (QED) is 0.923. The maximum absolute atomic E-state index is 12.6. The molecule has 1 N–H and O–H groups in total. The Hall–Kier alpha value is -1.99. The van der Waals surface area contributed by atoms with Crippen molar-refractivity contribution in [2.75, 3.05) is 19.8 Å². The van der Waals surface area contributed by atoms with Gasteiger partial charge < -0.3 is 14.6 Å². The third-order valence-electron chi connectivity index (χ3n) is 3.84. The first-order valence-electron chi connectivity index (χ1n) is 7.61. The standard InChI is InChI=1S/C16H19N3O3S/c1-11-17-13(9-15(20)18-11)14-10-22-7-6-19(14)16(21)5-4-12-3-2-8-23-12/h2-3,8-9,14H,4-7,10H2,1H3,(H,17,18,20)/t14-/m0/s1. The Bertz CT molecular complexity index is 726. The van der Waals surface area contributed by atoms with Gasteiger partial charge in [0, 0.05) is 23.9 Å². The number of morpholine rings is 1. The van der Waals surface area contributed by atoms with Gasteiger partial charge in [0.2, 0.25) is 5.91 Å². The molecule has 0 unspecified atom stereocenters. The normalized spacial score (nSPS) is 18.1. The zero-order valence-electron chi connectivity index (χ0n) is 12.9. The fourth-order valence-corrected chi connectivity index (χ4v) is 3.46. The number of thiophene rings is 1. The number of ether oxygens (including phenoxy) is 1. The number of rotatable bonds is 4. The van der Waals surface area contributed by atoms with Crippen molar-refractivity contribution in [2.24, 2.45) is 0 Å². The molecule has 3 heterocycles. The molecule has 0 saturated carbocycles. The molecule has 1 saturated heterocycles. The summed E-state index contributed by atoms with van der Waals surface area (Å²) in [7, 11) is 0. The van der Waals surface area contributed by atoms with Gasteiger partial charge in [-0.3, -0.25) is 9.59 Å². The van der Waals surface area contributed by atoms with Crippen LogP contribution in [-0.2, 0) is 16.0 Å². The number of hydrogen-bond acceptors (Lipinski definition) is 5. The van der Waals surface area contributed by atoms with E-state index in [1.165, 1.54) is 10.9 Å². The molecule has 0 radical (unpaired) electrons. The zero-order valence-corrected chi connectivity index (χ0v) is 13.8. The fraction of sp³-hybridized carbons (Fsp3) is 0.438. The van der Waals surface area contributed by atoms with E-state index in [9.17, 15) is 9.59 Å². The van der Waals surface area contributed by atoms with Crippen LogP contribution in [0.1, 0.15) is 28.9 Å². The highest BCUT2D eigenvalue weighted by Gasteiger charge is 2.29. The molecule has 6 nitrogen and oxygen atoms in total. The van der Waals surface area contributed by atoms with Gasteiger partial charge >= 0.3 is 0 Å². The number of nitrogens with zero attached hydrogens (tertiary/aromatic N) is 2. The van der Waals surface area contributed by atoms with Crippen LogP contribution in [0, 0.1) is 6.92 Å². The SMILES string of the molecule is Cc1nc([C@@H]2COCCN2C(=O)CCc2cccs2)cc(=O)[nH]1. The topological polar surface area (TPSA) is 75.3 Å². The second kappa shape index (κ2) is 7.06. The van der Waals surface area contributed by atoms with Crippen molar-refractivity contribution >= 4 is 17.2 Å². The van der Waals surface area contributed by atoms with Crippen LogP contribution in [0.5, 0.6) is 0 Å². The van der Waals surface area contributed by atoms with Crippen molar-refractivity contribution in [2.45, 2.75) is 25.8 Å². The summed E-state index contributed by atoms with van der Waals surface area (Å²) < 4.78 is 5.50. The van der Waals surface area contributed by atoms with Crippen molar-refractivity contribution in [3.8, 4) is 0 Å². The lowest BCUT2D eigenvalue weighted by atomic mass is 10.1. The van der Waals surface area contributed by atoms with Gasteiger partial charge in [0.05, 0.1) is 24.9 Å². The summed E-state index contributed by atoms with van der Waals surface area (Å²) in [6, 6.07) is 5.19. The summed E-state index contributed by atoms with van der Waals surface area (Å²) in [6.07, 6.45) is 1.20. The van der Waals surface area contributed by atoms with E-state index in [0.717, 1.165) is 6.42 Å². The summed E-state index contributed by atoms with van der Waals surface area (Å²) in [5, 5.41) is 2.01. The van der Waals surface area contributed by atoms with E-state index in [4.69, 9.17) is 4.74 Å². The first kappa shape index (κ1) is 15.9. The Morgan fingerprint density at radius 1 is 1.57 bits per heavy atom. The highest BCUT2D eigenvalue weighted by molar-refractivity contribution is 7.09. The third kappa shape index (κ3) is 3.86. The van der Waals surface area contributed by atoms with Gasteiger partial charge in [-0.1, -0.05) is 6.07 Å². The molecular formula is C16H19N3O3S. The molecule has 1 fully saturated rings. The molecule has 0 aromatic carbocycles. The van der Waals surface area contributed by atoms with E-state index in [1.807, 2.05) is 17.5 Å². The number of aromatic nitrogens is 2. The lowest BCUT2D eigenvalue weighted by molar-refractivity contribution is -0.140. The maximum Gasteiger partial charge on any atom is 0.251 e. The molecule has 2 aromatic heterocycles. The molecule has 1 atom stereocenters. The molecule has 1 aliphatic rings. The lowest BCUT2D eigenvalue weighted by Gasteiger charge is -2.35. The van der Waals surface area contributed by atoms with Crippen LogP contribution in [0.3, 0.4) is 0 Å². The van der Waals surface area contributed by atoms with E-state index in [0.29, 0.717) is 37.7 Å². The van der Waals surface area contributed by atoms with Crippen LogP contribution in [-0.4, -0.2) is 40.5 Å². The Kier molecular flexibility index (Phi) is 4.88. The van der Waals surface area contributed by atoms with Gasteiger partial charge in [-0.2, -0.15) is 0 Å². The first-order valence-corrected chi connectivity index (χ1v) is 8.49. The number of carbonyl (C=O) groups is 1.